The van der Waals surface area contributed by atoms with Crippen molar-refractivity contribution < 1.29 is 83.6 Å². The number of phenolic OH excluding ortho intramolecular Hbond substituents is 3. The molecule has 18 heteroatoms. The molecule has 2 aliphatic heterocycles. The zero-order valence-electron chi connectivity index (χ0n) is 25.3. The molecule has 2 aliphatic rings. The highest BCUT2D eigenvalue weighted by molar-refractivity contribution is 5.88. The number of fused-ring (bicyclic) bond motifs is 1. The second kappa shape index (κ2) is 14.1. The van der Waals surface area contributed by atoms with Gasteiger partial charge in [0.1, 0.15) is 77.9 Å². The number of aliphatic hydroxyl groups excluding tert-OH is 6. The molecule has 9 N–H and O–H groups in total. The Morgan fingerprint density at radius 2 is 1.56 bits per heavy atom. The molecule has 48 heavy (non-hydrogen) atoms. The summed E-state index contributed by atoms with van der Waals surface area (Å²) < 4.78 is 38.3. The van der Waals surface area contributed by atoms with Crippen LogP contribution in [0.4, 0.5) is 0 Å². The zero-order chi connectivity index (χ0) is 35.0. The standard InChI is InChI=1S/C30H34O18/c1-10(32)43-9-18-20(36)23(39)24(40)29(46-18)47-27-21(37)17(8-31)45-30(25(27)41)48-28-22(38)19-14(35)6-12(33)7-16(19)44-26(28)11-3-4-13(34)15(5-11)42-2/h3-7,17-18,20-21,23-25,27,29-31,33-37,39-41H,8-9H2,1-2H3/t17-,18+,20+,21-,23-,24+,25+,27+,29-,30-/m0/s1. The van der Waals surface area contributed by atoms with E-state index in [-0.39, 0.29) is 28.4 Å². The lowest BCUT2D eigenvalue weighted by molar-refractivity contribution is -0.353. The van der Waals surface area contributed by atoms with E-state index in [1.54, 1.807) is 0 Å². The van der Waals surface area contributed by atoms with E-state index >= 15 is 0 Å². The predicted molar refractivity (Wildman–Crippen MR) is 156 cm³/mol. The molecule has 3 heterocycles. The second-order valence-electron chi connectivity index (χ2n) is 11.1. The Kier molecular flexibility index (Phi) is 10.3. The van der Waals surface area contributed by atoms with Gasteiger partial charge in [-0.05, 0) is 18.2 Å². The molecule has 0 spiro atoms. The van der Waals surface area contributed by atoms with Gasteiger partial charge in [0.05, 0.1) is 13.7 Å². The fourth-order valence-corrected chi connectivity index (χ4v) is 5.33. The number of methoxy groups -OCH3 is 1. The smallest absolute Gasteiger partial charge is 0.302 e. The molecule has 0 amide bonds. The molecule has 0 unspecified atom stereocenters. The quantitative estimate of drug-likeness (QED) is 0.112. The maximum atomic E-state index is 13.8. The number of esters is 1. The Morgan fingerprint density at radius 3 is 2.23 bits per heavy atom. The van der Waals surface area contributed by atoms with Crippen molar-refractivity contribution in [3.63, 3.8) is 0 Å². The number of aliphatic hydroxyl groups is 6. The molecule has 18 nitrogen and oxygen atoms in total. The van der Waals surface area contributed by atoms with Crippen LogP contribution in [0.25, 0.3) is 22.3 Å². The van der Waals surface area contributed by atoms with Crippen LogP contribution in [0.3, 0.4) is 0 Å². The number of aromatic hydroxyl groups is 3. The van der Waals surface area contributed by atoms with Crippen LogP contribution in [-0.4, -0.2) is 134 Å². The van der Waals surface area contributed by atoms with E-state index in [1.807, 2.05) is 0 Å². The fraction of sp³-hybridized carbons (Fsp3) is 0.467. The van der Waals surface area contributed by atoms with Crippen molar-refractivity contribution in [2.75, 3.05) is 20.3 Å². The van der Waals surface area contributed by atoms with E-state index < -0.39 is 109 Å². The van der Waals surface area contributed by atoms with Crippen molar-refractivity contribution in [1.82, 2.24) is 0 Å². The van der Waals surface area contributed by atoms with Crippen molar-refractivity contribution in [2.24, 2.45) is 0 Å². The number of hydrogen-bond donors (Lipinski definition) is 9. The monoisotopic (exact) mass is 682 g/mol. The summed E-state index contributed by atoms with van der Waals surface area (Å²) >= 11 is 0. The van der Waals surface area contributed by atoms with Crippen LogP contribution in [0.2, 0.25) is 0 Å². The van der Waals surface area contributed by atoms with Gasteiger partial charge in [0.2, 0.25) is 17.5 Å². The minimum Gasteiger partial charge on any atom is -0.508 e. The third kappa shape index (κ3) is 6.70. The lowest BCUT2D eigenvalue weighted by Gasteiger charge is -2.45. The van der Waals surface area contributed by atoms with Gasteiger partial charge in [-0.2, -0.15) is 0 Å². The fourth-order valence-electron chi connectivity index (χ4n) is 5.33. The number of carbonyl (C=O) groups excluding carboxylic acids is 1. The Bertz CT molecular complexity index is 1690. The van der Waals surface area contributed by atoms with E-state index in [0.717, 1.165) is 19.1 Å². The number of rotatable bonds is 9. The molecule has 0 bridgehead atoms. The number of hydrogen-bond acceptors (Lipinski definition) is 18. The lowest BCUT2D eigenvalue weighted by Crippen LogP contribution is -2.65. The van der Waals surface area contributed by atoms with Gasteiger partial charge in [-0.25, -0.2) is 0 Å². The molecule has 2 saturated heterocycles. The lowest BCUT2D eigenvalue weighted by atomic mass is 9.97. The van der Waals surface area contributed by atoms with Crippen LogP contribution in [0.15, 0.2) is 39.5 Å². The van der Waals surface area contributed by atoms with Gasteiger partial charge in [-0.15, -0.1) is 0 Å². The van der Waals surface area contributed by atoms with Gasteiger partial charge < -0.3 is 78.8 Å². The molecular formula is C30H34O18. The molecular weight excluding hydrogens is 648 g/mol. The van der Waals surface area contributed by atoms with Gasteiger partial charge in [0.25, 0.3) is 0 Å². The molecule has 0 radical (unpaired) electrons. The van der Waals surface area contributed by atoms with E-state index in [2.05, 4.69) is 0 Å². The molecule has 1 aromatic heterocycles. The van der Waals surface area contributed by atoms with E-state index in [1.165, 1.54) is 25.3 Å². The first-order valence-electron chi connectivity index (χ1n) is 14.4. The number of benzene rings is 2. The maximum absolute atomic E-state index is 13.8. The molecule has 2 aromatic carbocycles. The molecule has 5 rings (SSSR count). The van der Waals surface area contributed by atoms with Crippen molar-refractivity contribution >= 4 is 16.9 Å². The summed E-state index contributed by atoms with van der Waals surface area (Å²) in [7, 11) is 1.26. The van der Waals surface area contributed by atoms with E-state index in [9.17, 15) is 55.5 Å². The van der Waals surface area contributed by atoms with Crippen LogP contribution < -0.4 is 14.9 Å². The summed E-state index contributed by atoms with van der Waals surface area (Å²) in [5, 5.41) is 93.6. The summed E-state index contributed by atoms with van der Waals surface area (Å²) in [5.74, 6) is -3.23. The Morgan fingerprint density at radius 1 is 0.854 bits per heavy atom. The zero-order valence-corrected chi connectivity index (χ0v) is 25.3. The molecule has 262 valence electrons. The van der Waals surface area contributed by atoms with E-state index in [0.29, 0.717) is 0 Å². The molecule has 2 fully saturated rings. The topological polar surface area (TPSA) is 285 Å². The Labute approximate surface area is 270 Å². The van der Waals surface area contributed by atoms with Gasteiger partial charge in [0.15, 0.2) is 23.5 Å². The van der Waals surface area contributed by atoms with Crippen molar-refractivity contribution in [3.8, 4) is 40.1 Å². The summed E-state index contributed by atoms with van der Waals surface area (Å²) in [6.07, 6.45) is -18.0. The SMILES string of the molecule is COc1cc(-c2oc3cc(O)cc(O)c3c(=O)c2O[C@@H]2O[C@@H](CO)[C@H](O)[C@@H](O[C@@H]3O[C@H](COC(C)=O)[C@@H](O)[C@H](O)[C@H]3O)[C@H]2O)ccc1O. The first-order chi connectivity index (χ1) is 22.7. The largest absolute Gasteiger partial charge is 0.508 e. The average molecular weight is 683 g/mol. The predicted octanol–water partition coefficient (Wildman–Crippen LogP) is -1.84. The van der Waals surface area contributed by atoms with Crippen molar-refractivity contribution in [1.29, 1.82) is 0 Å². The third-order valence-corrected chi connectivity index (χ3v) is 7.83. The molecule has 0 saturated carbocycles. The van der Waals surface area contributed by atoms with Crippen molar-refractivity contribution in [2.45, 2.75) is 68.3 Å². The first kappa shape index (κ1) is 35.1. The number of ether oxygens (including phenoxy) is 6. The number of carbonyl (C=O) groups is 1. The van der Waals surface area contributed by atoms with Gasteiger partial charge in [-0.1, -0.05) is 0 Å². The molecule has 0 aliphatic carbocycles. The third-order valence-electron chi connectivity index (χ3n) is 7.83. The van der Waals surface area contributed by atoms with Crippen molar-refractivity contribution in [3.05, 3.63) is 40.6 Å². The summed E-state index contributed by atoms with van der Waals surface area (Å²) in [5.41, 5.74) is -1.23. The highest BCUT2D eigenvalue weighted by atomic mass is 16.7. The Hall–Kier alpha value is -4.24. The van der Waals surface area contributed by atoms with Crippen LogP contribution in [0.1, 0.15) is 6.92 Å². The first-order valence-corrected chi connectivity index (χ1v) is 14.4. The molecule has 3 aromatic rings. The minimum atomic E-state index is -2.04. The molecule has 10 atom stereocenters. The number of phenols is 3. The summed E-state index contributed by atoms with van der Waals surface area (Å²) in [6.45, 7) is -0.354. The van der Waals surface area contributed by atoms with Crippen LogP contribution in [0, 0.1) is 0 Å². The maximum Gasteiger partial charge on any atom is 0.302 e. The normalized spacial score (nSPS) is 30.6. The van der Waals surface area contributed by atoms with Crippen LogP contribution in [0.5, 0.6) is 28.7 Å². The highest BCUT2D eigenvalue weighted by Gasteiger charge is 2.52. The summed E-state index contributed by atoms with van der Waals surface area (Å²) in [4.78, 5) is 25.1. The summed E-state index contributed by atoms with van der Waals surface area (Å²) in [6, 6.07) is 5.72. The van der Waals surface area contributed by atoms with Gasteiger partial charge in [0, 0.05) is 24.6 Å². The van der Waals surface area contributed by atoms with Crippen LogP contribution in [-0.2, 0) is 23.7 Å². The van der Waals surface area contributed by atoms with Gasteiger partial charge in [-0.3, -0.25) is 9.59 Å². The highest BCUT2D eigenvalue weighted by Crippen LogP contribution is 2.40. The average Bonchev–Trinajstić information content (AvgIpc) is 3.04. The second-order valence-corrected chi connectivity index (χ2v) is 11.1. The van der Waals surface area contributed by atoms with E-state index in [4.69, 9.17) is 32.8 Å². The van der Waals surface area contributed by atoms with Crippen LogP contribution >= 0.6 is 0 Å². The minimum absolute atomic E-state index is 0.0452. The Balaban J connectivity index is 1.53. The van der Waals surface area contributed by atoms with Gasteiger partial charge >= 0.3 is 5.97 Å².